The lowest BCUT2D eigenvalue weighted by Crippen LogP contribution is -2.06. The highest BCUT2D eigenvalue weighted by atomic mass is 15.2. The number of fused-ring (bicyclic) bond motifs is 3. The van der Waals surface area contributed by atoms with Crippen molar-refractivity contribution in [1.82, 2.24) is 24.1 Å². The average Bonchev–Trinajstić information content (AvgIpc) is 3.74. The van der Waals surface area contributed by atoms with E-state index < -0.39 is 0 Å². The second kappa shape index (κ2) is 11.2. The van der Waals surface area contributed by atoms with Gasteiger partial charge in [-0.05, 0) is 64.4 Å². The zero-order chi connectivity index (χ0) is 34.2. The summed E-state index contributed by atoms with van der Waals surface area (Å²) in [5.41, 5.74) is 9.81. The first-order valence-corrected chi connectivity index (χ1v) is 17.5. The lowest BCUT2D eigenvalue weighted by molar-refractivity contribution is 0.954. The van der Waals surface area contributed by atoms with E-state index in [1.807, 2.05) is 36.4 Å². The fourth-order valence-electron chi connectivity index (χ4n) is 7.98. The standard InChI is InChI=1S/C47H29N5/c1-4-13-31(14-5-1)45-48-46(32-15-6-2-7-16-32)50-47(49-45)52-40-22-12-17-30-23-24-34-27-35(29-42(52)44(34)43(30)40)33-25-26-38-37-20-10-11-21-39(37)51(41(38)28-33)36-18-8-3-9-19-36/h1-29H. The normalized spacial score (nSPS) is 11.8. The van der Waals surface area contributed by atoms with Crippen LogP contribution in [0.1, 0.15) is 0 Å². The SMILES string of the molecule is c1ccc(-c2nc(-c3ccccc3)nc(-n3c4cccc5ccc6cc(-c7ccc8c9ccccc9n(-c9ccccc9)c8c7)cc3c6c54)n2)cc1. The number of para-hydroxylation sites is 2. The molecule has 11 aromatic rings. The van der Waals surface area contributed by atoms with Gasteiger partial charge >= 0.3 is 0 Å². The maximum atomic E-state index is 5.18. The molecule has 11 rings (SSSR count). The van der Waals surface area contributed by atoms with Crippen molar-refractivity contribution >= 4 is 54.4 Å². The quantitative estimate of drug-likeness (QED) is 0.172. The van der Waals surface area contributed by atoms with E-state index in [1.54, 1.807) is 0 Å². The lowest BCUT2D eigenvalue weighted by atomic mass is 9.97. The molecular weight excluding hydrogens is 635 g/mol. The van der Waals surface area contributed by atoms with Crippen molar-refractivity contribution in [2.24, 2.45) is 0 Å². The van der Waals surface area contributed by atoms with Gasteiger partial charge in [0.15, 0.2) is 11.6 Å². The van der Waals surface area contributed by atoms with Crippen LogP contribution in [0, 0.1) is 0 Å². The Bertz CT molecular complexity index is 3050. The second-order valence-corrected chi connectivity index (χ2v) is 13.3. The fourth-order valence-corrected chi connectivity index (χ4v) is 7.98. The van der Waals surface area contributed by atoms with E-state index in [2.05, 4.69) is 149 Å². The summed E-state index contributed by atoms with van der Waals surface area (Å²) in [6.07, 6.45) is 0. The van der Waals surface area contributed by atoms with Gasteiger partial charge in [-0.1, -0.05) is 133 Å². The summed E-state index contributed by atoms with van der Waals surface area (Å²) >= 11 is 0. The Morgan fingerprint density at radius 1 is 0.327 bits per heavy atom. The van der Waals surface area contributed by atoms with Crippen molar-refractivity contribution < 1.29 is 0 Å². The van der Waals surface area contributed by atoms with Crippen LogP contribution in [-0.2, 0) is 0 Å². The average molecular weight is 664 g/mol. The Balaban J connectivity index is 1.20. The largest absolute Gasteiger partial charge is 0.309 e. The summed E-state index contributed by atoms with van der Waals surface area (Å²) in [6.45, 7) is 0. The van der Waals surface area contributed by atoms with E-state index in [9.17, 15) is 0 Å². The number of rotatable bonds is 5. The summed E-state index contributed by atoms with van der Waals surface area (Å²) in [4.78, 5) is 15.3. The Morgan fingerprint density at radius 3 is 1.67 bits per heavy atom. The lowest BCUT2D eigenvalue weighted by Gasteiger charge is -2.12. The summed E-state index contributed by atoms with van der Waals surface area (Å²) in [7, 11) is 0. The van der Waals surface area contributed by atoms with E-state index in [4.69, 9.17) is 15.0 Å². The fraction of sp³-hybridized carbons (Fsp3) is 0. The van der Waals surface area contributed by atoms with E-state index in [1.165, 1.54) is 43.4 Å². The molecule has 5 nitrogen and oxygen atoms in total. The molecular formula is C47H29N5. The second-order valence-electron chi connectivity index (χ2n) is 13.3. The molecule has 0 unspecified atom stereocenters. The summed E-state index contributed by atoms with van der Waals surface area (Å²) in [5, 5.41) is 7.27. The minimum Gasteiger partial charge on any atom is -0.309 e. The molecule has 3 aromatic heterocycles. The van der Waals surface area contributed by atoms with Crippen LogP contribution >= 0.6 is 0 Å². The number of hydrogen-bond acceptors (Lipinski definition) is 3. The first-order valence-electron chi connectivity index (χ1n) is 17.5. The summed E-state index contributed by atoms with van der Waals surface area (Å²) in [6, 6.07) is 62.1. The molecule has 0 aliphatic rings. The Morgan fingerprint density at radius 2 is 0.923 bits per heavy atom. The maximum absolute atomic E-state index is 5.18. The molecule has 52 heavy (non-hydrogen) atoms. The van der Waals surface area contributed by atoms with Crippen LogP contribution < -0.4 is 0 Å². The molecule has 0 N–H and O–H groups in total. The molecule has 0 bridgehead atoms. The van der Waals surface area contributed by atoms with Crippen molar-refractivity contribution in [3.8, 4) is 45.5 Å². The molecule has 0 fully saturated rings. The molecule has 0 radical (unpaired) electrons. The molecule has 8 aromatic carbocycles. The third-order valence-electron chi connectivity index (χ3n) is 10.3. The minimum atomic E-state index is 0.592. The van der Waals surface area contributed by atoms with Gasteiger partial charge in [-0.3, -0.25) is 4.57 Å². The van der Waals surface area contributed by atoms with Gasteiger partial charge in [-0.2, -0.15) is 9.97 Å². The highest BCUT2D eigenvalue weighted by molar-refractivity contribution is 6.25. The Kier molecular flexibility index (Phi) is 6.18. The monoisotopic (exact) mass is 663 g/mol. The first-order chi connectivity index (χ1) is 25.8. The third kappa shape index (κ3) is 4.33. The van der Waals surface area contributed by atoms with Crippen molar-refractivity contribution in [1.29, 1.82) is 0 Å². The van der Waals surface area contributed by atoms with Gasteiger partial charge in [0.05, 0.1) is 22.1 Å². The van der Waals surface area contributed by atoms with E-state index in [0.717, 1.165) is 39.0 Å². The number of hydrogen-bond donors (Lipinski definition) is 0. The van der Waals surface area contributed by atoms with Crippen LogP contribution in [0.5, 0.6) is 0 Å². The zero-order valence-electron chi connectivity index (χ0n) is 28.0. The van der Waals surface area contributed by atoms with Crippen molar-refractivity contribution in [2.75, 3.05) is 0 Å². The van der Waals surface area contributed by atoms with Gasteiger partial charge < -0.3 is 4.57 Å². The van der Waals surface area contributed by atoms with Crippen LogP contribution in [0.2, 0.25) is 0 Å². The van der Waals surface area contributed by atoms with E-state index in [0.29, 0.717) is 17.6 Å². The van der Waals surface area contributed by atoms with Gasteiger partial charge in [-0.25, -0.2) is 4.98 Å². The number of aromatic nitrogens is 5. The van der Waals surface area contributed by atoms with Crippen molar-refractivity contribution in [3.63, 3.8) is 0 Å². The molecule has 0 aliphatic heterocycles. The number of nitrogens with zero attached hydrogens (tertiary/aromatic N) is 5. The smallest absolute Gasteiger partial charge is 0.238 e. The molecule has 242 valence electrons. The van der Waals surface area contributed by atoms with Gasteiger partial charge in [0.1, 0.15) is 0 Å². The van der Waals surface area contributed by atoms with Gasteiger partial charge in [0.25, 0.3) is 0 Å². The van der Waals surface area contributed by atoms with Crippen LogP contribution in [0.25, 0.3) is 99.9 Å². The highest BCUT2D eigenvalue weighted by Gasteiger charge is 2.22. The van der Waals surface area contributed by atoms with Crippen molar-refractivity contribution in [2.45, 2.75) is 0 Å². The molecule has 3 heterocycles. The highest BCUT2D eigenvalue weighted by Crippen LogP contribution is 2.42. The molecule has 0 aliphatic carbocycles. The Labute approximate surface area is 299 Å². The van der Waals surface area contributed by atoms with Crippen LogP contribution in [0.15, 0.2) is 176 Å². The summed E-state index contributed by atoms with van der Waals surface area (Å²) < 4.78 is 4.61. The van der Waals surface area contributed by atoms with E-state index in [-0.39, 0.29) is 0 Å². The Hall–Kier alpha value is -7.11. The molecule has 0 saturated carbocycles. The number of benzene rings is 8. The molecule has 0 amide bonds. The topological polar surface area (TPSA) is 48.5 Å². The van der Waals surface area contributed by atoms with Gasteiger partial charge in [0.2, 0.25) is 5.95 Å². The van der Waals surface area contributed by atoms with Crippen molar-refractivity contribution in [3.05, 3.63) is 176 Å². The van der Waals surface area contributed by atoms with Gasteiger partial charge in [0, 0.05) is 38.4 Å². The first kappa shape index (κ1) is 28.7. The summed E-state index contributed by atoms with van der Waals surface area (Å²) in [5.74, 6) is 1.87. The predicted molar refractivity (Wildman–Crippen MR) is 214 cm³/mol. The van der Waals surface area contributed by atoms with Gasteiger partial charge in [-0.15, -0.1) is 0 Å². The maximum Gasteiger partial charge on any atom is 0.238 e. The van der Waals surface area contributed by atoms with Crippen LogP contribution in [0.4, 0.5) is 0 Å². The predicted octanol–water partition coefficient (Wildman–Crippen LogP) is 11.7. The molecule has 0 spiro atoms. The molecule has 0 atom stereocenters. The molecule has 5 heteroatoms. The zero-order valence-corrected chi connectivity index (χ0v) is 28.0. The minimum absolute atomic E-state index is 0.592. The molecule has 0 saturated heterocycles. The van der Waals surface area contributed by atoms with Crippen LogP contribution in [0.3, 0.4) is 0 Å². The van der Waals surface area contributed by atoms with Crippen LogP contribution in [-0.4, -0.2) is 24.1 Å². The third-order valence-corrected chi connectivity index (χ3v) is 10.3. The van der Waals surface area contributed by atoms with E-state index >= 15 is 0 Å².